The second-order valence-electron chi connectivity index (χ2n) is 5.14. The number of carboxylic acid groups (broad SMARTS) is 1. The smallest absolute Gasteiger partial charge is 0.328 e. The number of anilines is 1. The topological polar surface area (TPSA) is 80.7 Å². The van der Waals surface area contributed by atoms with Gasteiger partial charge in [-0.05, 0) is 37.4 Å². The van der Waals surface area contributed by atoms with Crippen molar-refractivity contribution in [1.82, 2.24) is 4.98 Å². The molecule has 2 aromatic rings. The van der Waals surface area contributed by atoms with E-state index >= 15 is 0 Å². The minimum Gasteiger partial charge on any atom is -0.480 e. The highest BCUT2D eigenvalue weighted by atomic mass is 16.7. The summed E-state index contributed by atoms with van der Waals surface area (Å²) in [5, 5.41) is 13.8. The molecule has 3 rings (SSSR count). The molecule has 6 heteroatoms. The molecule has 0 saturated carbocycles. The van der Waals surface area contributed by atoms with Gasteiger partial charge in [0.05, 0.1) is 0 Å². The Morgan fingerprint density at radius 1 is 1.35 bits per heavy atom. The Balaban J connectivity index is 2.10. The molecular weight excluding hydrogens is 260 g/mol. The lowest BCUT2D eigenvalue weighted by molar-refractivity contribution is -0.141. The van der Waals surface area contributed by atoms with Gasteiger partial charge in [0.15, 0.2) is 11.5 Å². The Hall–Kier alpha value is -2.50. The van der Waals surface area contributed by atoms with E-state index < -0.39 is 11.5 Å². The maximum Gasteiger partial charge on any atom is 0.328 e. The van der Waals surface area contributed by atoms with Crippen LogP contribution in [0, 0.1) is 0 Å². The minimum atomic E-state index is -1.11. The number of hydrogen-bond donors (Lipinski definition) is 2. The molecule has 0 saturated heterocycles. The van der Waals surface area contributed by atoms with E-state index in [1.807, 2.05) is 18.2 Å². The van der Waals surface area contributed by atoms with E-state index in [1.54, 1.807) is 20.0 Å². The number of benzene rings is 1. The molecule has 2 heterocycles. The molecule has 0 atom stereocenters. The fourth-order valence-electron chi connectivity index (χ4n) is 2.01. The van der Waals surface area contributed by atoms with Crippen molar-refractivity contribution in [3.63, 3.8) is 0 Å². The van der Waals surface area contributed by atoms with Crippen LogP contribution in [0.2, 0.25) is 0 Å². The first-order valence-electron chi connectivity index (χ1n) is 6.17. The van der Waals surface area contributed by atoms with Crippen LogP contribution in [-0.2, 0) is 4.79 Å². The molecule has 0 radical (unpaired) electrons. The van der Waals surface area contributed by atoms with Gasteiger partial charge >= 0.3 is 5.97 Å². The number of aliphatic carboxylic acids is 1. The number of nitrogens with zero attached hydrogens (tertiary/aromatic N) is 1. The fraction of sp³-hybridized carbons (Fsp3) is 0.286. The fourth-order valence-corrected chi connectivity index (χ4v) is 2.01. The quantitative estimate of drug-likeness (QED) is 0.893. The number of carboxylic acids is 1. The number of carbonyl (C=O) groups is 1. The van der Waals surface area contributed by atoms with Crippen molar-refractivity contribution < 1.29 is 19.4 Å². The summed E-state index contributed by atoms with van der Waals surface area (Å²) in [6.07, 6.45) is 1.63. The van der Waals surface area contributed by atoms with E-state index in [2.05, 4.69) is 10.3 Å². The van der Waals surface area contributed by atoms with Crippen molar-refractivity contribution in [2.45, 2.75) is 19.4 Å². The first-order valence-corrected chi connectivity index (χ1v) is 6.17. The molecule has 0 unspecified atom stereocenters. The lowest BCUT2D eigenvalue weighted by atomic mass is 10.1. The van der Waals surface area contributed by atoms with Gasteiger partial charge in [-0.1, -0.05) is 0 Å². The number of nitrogens with one attached hydrogen (secondary N) is 1. The monoisotopic (exact) mass is 274 g/mol. The van der Waals surface area contributed by atoms with Crippen LogP contribution in [0.15, 0.2) is 24.4 Å². The van der Waals surface area contributed by atoms with Gasteiger partial charge in [-0.3, -0.25) is 0 Å². The number of pyridine rings is 1. The highest BCUT2D eigenvalue weighted by Crippen LogP contribution is 2.38. The van der Waals surface area contributed by atoms with Crippen molar-refractivity contribution in [3.05, 3.63) is 24.4 Å². The molecule has 2 N–H and O–H groups in total. The number of rotatable bonds is 3. The summed E-state index contributed by atoms with van der Waals surface area (Å²) in [7, 11) is 0. The van der Waals surface area contributed by atoms with Crippen molar-refractivity contribution >= 4 is 22.6 Å². The van der Waals surface area contributed by atoms with E-state index in [4.69, 9.17) is 9.47 Å². The second kappa shape index (κ2) is 4.26. The number of fused-ring (bicyclic) bond motifs is 2. The van der Waals surface area contributed by atoms with Gasteiger partial charge in [-0.15, -0.1) is 0 Å². The summed E-state index contributed by atoms with van der Waals surface area (Å²) in [6.45, 7) is 3.37. The molecule has 0 aliphatic carbocycles. The van der Waals surface area contributed by atoms with Crippen molar-refractivity contribution in [2.24, 2.45) is 0 Å². The van der Waals surface area contributed by atoms with E-state index in [0.717, 1.165) is 10.8 Å². The van der Waals surface area contributed by atoms with Gasteiger partial charge in [0, 0.05) is 11.6 Å². The molecule has 20 heavy (non-hydrogen) atoms. The third-order valence-electron chi connectivity index (χ3n) is 3.22. The van der Waals surface area contributed by atoms with Crippen LogP contribution in [0.1, 0.15) is 13.8 Å². The first kappa shape index (κ1) is 12.5. The Bertz CT molecular complexity index is 697. The summed E-state index contributed by atoms with van der Waals surface area (Å²) in [5.74, 6) is 0.888. The summed E-state index contributed by atoms with van der Waals surface area (Å²) in [5.41, 5.74) is -1.11. The molecule has 0 fully saturated rings. The lowest BCUT2D eigenvalue weighted by Gasteiger charge is -2.22. The Morgan fingerprint density at radius 3 is 2.75 bits per heavy atom. The summed E-state index contributed by atoms with van der Waals surface area (Å²) in [4.78, 5) is 15.4. The number of ether oxygens (including phenoxy) is 2. The Kier molecular flexibility index (Phi) is 2.67. The van der Waals surface area contributed by atoms with Crippen molar-refractivity contribution in [2.75, 3.05) is 12.1 Å². The average Bonchev–Trinajstić information content (AvgIpc) is 2.83. The summed E-state index contributed by atoms with van der Waals surface area (Å²) in [6, 6.07) is 5.51. The molecule has 0 amide bonds. The molecule has 104 valence electrons. The zero-order valence-corrected chi connectivity index (χ0v) is 11.1. The van der Waals surface area contributed by atoms with Crippen LogP contribution >= 0.6 is 0 Å². The number of aromatic nitrogens is 1. The van der Waals surface area contributed by atoms with Gasteiger partial charge in [-0.2, -0.15) is 0 Å². The first-order chi connectivity index (χ1) is 9.47. The van der Waals surface area contributed by atoms with Gasteiger partial charge in [0.2, 0.25) is 6.79 Å². The van der Waals surface area contributed by atoms with E-state index in [-0.39, 0.29) is 6.79 Å². The van der Waals surface area contributed by atoms with E-state index in [0.29, 0.717) is 17.3 Å². The lowest BCUT2D eigenvalue weighted by Crippen LogP contribution is -2.40. The average molecular weight is 274 g/mol. The van der Waals surface area contributed by atoms with Gasteiger partial charge in [0.25, 0.3) is 0 Å². The summed E-state index contributed by atoms with van der Waals surface area (Å²) < 4.78 is 10.7. The van der Waals surface area contributed by atoms with Gasteiger partial charge < -0.3 is 19.9 Å². The standard InChI is InChI=1S/C14H14N2O4/c1-14(2,13(17)18)16-12-9-6-11-10(19-7-20-11)5-8(9)3-4-15-12/h3-6H,7H2,1-2H3,(H,15,16)(H,17,18). The van der Waals surface area contributed by atoms with Crippen molar-refractivity contribution in [1.29, 1.82) is 0 Å². The van der Waals surface area contributed by atoms with E-state index in [9.17, 15) is 9.90 Å². The molecule has 1 aromatic carbocycles. The molecule has 1 aliphatic heterocycles. The third kappa shape index (κ3) is 1.99. The highest BCUT2D eigenvalue weighted by Gasteiger charge is 2.28. The van der Waals surface area contributed by atoms with Crippen LogP contribution in [0.4, 0.5) is 5.82 Å². The molecule has 0 spiro atoms. The van der Waals surface area contributed by atoms with Crippen LogP contribution in [0.25, 0.3) is 10.8 Å². The van der Waals surface area contributed by atoms with Crippen LogP contribution < -0.4 is 14.8 Å². The van der Waals surface area contributed by atoms with Gasteiger partial charge in [0.1, 0.15) is 11.4 Å². The van der Waals surface area contributed by atoms with Crippen LogP contribution in [0.5, 0.6) is 11.5 Å². The minimum absolute atomic E-state index is 0.197. The SMILES string of the molecule is CC(C)(Nc1nccc2cc3c(cc12)OCO3)C(=O)O. The predicted molar refractivity (Wildman–Crippen MR) is 73.2 cm³/mol. The second-order valence-corrected chi connectivity index (χ2v) is 5.14. The number of hydrogen-bond acceptors (Lipinski definition) is 5. The van der Waals surface area contributed by atoms with Crippen LogP contribution in [0.3, 0.4) is 0 Å². The summed E-state index contributed by atoms with van der Waals surface area (Å²) >= 11 is 0. The third-order valence-corrected chi connectivity index (χ3v) is 3.22. The Labute approximate surface area is 115 Å². The molecule has 0 bridgehead atoms. The van der Waals surface area contributed by atoms with Crippen molar-refractivity contribution in [3.8, 4) is 11.5 Å². The molecule has 1 aliphatic rings. The largest absolute Gasteiger partial charge is 0.480 e. The molecular formula is C14H14N2O4. The van der Waals surface area contributed by atoms with Gasteiger partial charge in [-0.25, -0.2) is 9.78 Å². The molecule has 6 nitrogen and oxygen atoms in total. The zero-order valence-electron chi connectivity index (χ0n) is 11.1. The normalized spacial score (nSPS) is 13.5. The highest BCUT2D eigenvalue weighted by molar-refractivity contribution is 5.96. The predicted octanol–water partition coefficient (Wildman–Crippen LogP) is 2.24. The maximum absolute atomic E-state index is 11.2. The van der Waals surface area contributed by atoms with E-state index in [1.165, 1.54) is 0 Å². The molecule has 1 aromatic heterocycles. The Morgan fingerprint density at radius 2 is 2.05 bits per heavy atom. The maximum atomic E-state index is 11.2. The zero-order chi connectivity index (χ0) is 14.3. The van der Waals surface area contributed by atoms with Crippen LogP contribution in [-0.4, -0.2) is 28.4 Å².